The molecule has 0 saturated carbocycles. The number of halogens is 2. The van der Waals surface area contributed by atoms with Crippen LogP contribution in [0.15, 0.2) is 24.3 Å². The van der Waals surface area contributed by atoms with Crippen molar-refractivity contribution in [3.05, 3.63) is 33.4 Å². The molecule has 0 spiro atoms. The Morgan fingerprint density at radius 1 is 1.33 bits per heavy atom. The van der Waals surface area contributed by atoms with Gasteiger partial charge in [-0.25, -0.2) is 0 Å². The highest BCUT2D eigenvalue weighted by molar-refractivity contribution is 14.1. The largest absolute Gasteiger partial charge is 0.305 e. The van der Waals surface area contributed by atoms with Crippen molar-refractivity contribution in [1.82, 2.24) is 4.90 Å². The van der Waals surface area contributed by atoms with Crippen molar-refractivity contribution >= 4 is 35.0 Å². The molecule has 3 heteroatoms. The summed E-state index contributed by atoms with van der Waals surface area (Å²) in [6.07, 6.45) is 0. The molecular formula is C9H13ClIN. The molecule has 0 heterocycles. The third-order valence-electron chi connectivity index (χ3n) is 1.39. The third-order valence-corrected chi connectivity index (χ3v) is 2.06. The minimum atomic E-state index is 0. The maximum Gasteiger partial charge on any atom is 0.0228 e. The normalized spacial score (nSPS) is 9.67. The summed E-state index contributed by atoms with van der Waals surface area (Å²) in [7, 11) is 4.17. The molecule has 0 aliphatic heterocycles. The van der Waals surface area contributed by atoms with E-state index in [2.05, 4.69) is 65.9 Å². The minimum absolute atomic E-state index is 0. The van der Waals surface area contributed by atoms with Crippen LogP contribution in [0.2, 0.25) is 0 Å². The van der Waals surface area contributed by atoms with Crippen LogP contribution in [-0.2, 0) is 6.54 Å². The highest BCUT2D eigenvalue weighted by Crippen LogP contribution is 2.08. The fourth-order valence-electron chi connectivity index (χ4n) is 1.00. The summed E-state index contributed by atoms with van der Waals surface area (Å²) in [6, 6.07) is 8.57. The minimum Gasteiger partial charge on any atom is -0.305 e. The molecule has 12 heavy (non-hydrogen) atoms. The summed E-state index contributed by atoms with van der Waals surface area (Å²) in [4.78, 5) is 2.17. The maximum atomic E-state index is 2.33. The first-order valence-corrected chi connectivity index (χ1v) is 4.65. The van der Waals surface area contributed by atoms with Crippen molar-refractivity contribution in [3.63, 3.8) is 0 Å². The summed E-state index contributed by atoms with van der Waals surface area (Å²) < 4.78 is 1.31. The van der Waals surface area contributed by atoms with Gasteiger partial charge in [-0.1, -0.05) is 12.1 Å². The second-order valence-corrected chi connectivity index (χ2v) is 4.11. The molecule has 0 atom stereocenters. The Morgan fingerprint density at radius 2 is 2.00 bits per heavy atom. The van der Waals surface area contributed by atoms with Crippen molar-refractivity contribution in [1.29, 1.82) is 0 Å². The van der Waals surface area contributed by atoms with Crippen LogP contribution < -0.4 is 0 Å². The van der Waals surface area contributed by atoms with Crippen molar-refractivity contribution < 1.29 is 0 Å². The Balaban J connectivity index is 0.00000121. The highest BCUT2D eigenvalue weighted by Gasteiger charge is 1.94. The van der Waals surface area contributed by atoms with Crippen LogP contribution in [0.25, 0.3) is 0 Å². The van der Waals surface area contributed by atoms with Crippen molar-refractivity contribution in [2.45, 2.75) is 6.54 Å². The highest BCUT2D eigenvalue weighted by atomic mass is 127. The number of rotatable bonds is 2. The molecule has 1 aromatic carbocycles. The Hall–Kier alpha value is 0.200. The molecule has 0 radical (unpaired) electrons. The second-order valence-electron chi connectivity index (χ2n) is 2.87. The van der Waals surface area contributed by atoms with Gasteiger partial charge in [-0.2, -0.15) is 0 Å². The predicted molar refractivity (Wildman–Crippen MR) is 63.8 cm³/mol. The molecule has 0 saturated heterocycles. The lowest BCUT2D eigenvalue weighted by atomic mass is 10.2. The monoisotopic (exact) mass is 297 g/mol. The van der Waals surface area contributed by atoms with Crippen molar-refractivity contribution in [2.75, 3.05) is 14.1 Å². The summed E-state index contributed by atoms with van der Waals surface area (Å²) in [6.45, 7) is 1.02. The molecule has 1 aromatic rings. The zero-order valence-electron chi connectivity index (χ0n) is 7.25. The first-order chi connectivity index (χ1) is 5.18. The van der Waals surface area contributed by atoms with Gasteiger partial charge < -0.3 is 4.90 Å². The van der Waals surface area contributed by atoms with Crippen molar-refractivity contribution in [2.24, 2.45) is 0 Å². The first-order valence-electron chi connectivity index (χ1n) is 3.57. The smallest absolute Gasteiger partial charge is 0.0228 e. The van der Waals surface area contributed by atoms with E-state index < -0.39 is 0 Å². The molecule has 0 fully saturated rings. The topological polar surface area (TPSA) is 3.24 Å². The molecule has 0 aromatic heterocycles. The van der Waals surface area contributed by atoms with E-state index in [1.165, 1.54) is 9.13 Å². The van der Waals surface area contributed by atoms with E-state index in [0.717, 1.165) is 6.54 Å². The van der Waals surface area contributed by atoms with Crippen LogP contribution in [0.1, 0.15) is 5.56 Å². The van der Waals surface area contributed by atoms with E-state index in [0.29, 0.717) is 0 Å². The SMILES string of the molecule is CN(C)Cc1cccc(I)c1.Cl. The molecule has 0 unspecified atom stereocenters. The maximum absolute atomic E-state index is 2.33. The molecule has 0 N–H and O–H groups in total. The summed E-state index contributed by atoms with van der Waals surface area (Å²) in [5.41, 5.74) is 1.38. The van der Waals surface area contributed by atoms with Crippen molar-refractivity contribution in [3.8, 4) is 0 Å². The average Bonchev–Trinajstić information content (AvgIpc) is 1.85. The predicted octanol–water partition coefficient (Wildman–Crippen LogP) is 2.77. The van der Waals surface area contributed by atoms with Crippen LogP contribution in [0.5, 0.6) is 0 Å². The Bertz CT molecular complexity index is 238. The lowest BCUT2D eigenvalue weighted by Crippen LogP contribution is -2.10. The van der Waals surface area contributed by atoms with Gasteiger partial charge in [0.2, 0.25) is 0 Å². The first kappa shape index (κ1) is 12.2. The van der Waals surface area contributed by atoms with Gasteiger partial charge >= 0.3 is 0 Å². The average molecular weight is 298 g/mol. The molecule has 0 amide bonds. The van der Waals surface area contributed by atoms with E-state index in [1.807, 2.05) is 0 Å². The van der Waals surface area contributed by atoms with Gasteiger partial charge in [0.15, 0.2) is 0 Å². The van der Waals surface area contributed by atoms with Gasteiger partial charge in [0.1, 0.15) is 0 Å². The van der Waals surface area contributed by atoms with Crippen LogP contribution in [0, 0.1) is 3.57 Å². The van der Waals surface area contributed by atoms with E-state index in [-0.39, 0.29) is 12.4 Å². The van der Waals surface area contributed by atoms with E-state index in [1.54, 1.807) is 0 Å². The summed E-state index contributed by atoms with van der Waals surface area (Å²) in [5.74, 6) is 0. The quantitative estimate of drug-likeness (QED) is 0.759. The van der Waals surface area contributed by atoms with E-state index in [4.69, 9.17) is 0 Å². The molecule has 1 rings (SSSR count). The van der Waals surface area contributed by atoms with Gasteiger partial charge in [-0.15, -0.1) is 12.4 Å². The lowest BCUT2D eigenvalue weighted by molar-refractivity contribution is 0.402. The van der Waals surface area contributed by atoms with Crippen LogP contribution >= 0.6 is 35.0 Å². The van der Waals surface area contributed by atoms with Gasteiger partial charge in [0, 0.05) is 10.1 Å². The van der Waals surface area contributed by atoms with E-state index in [9.17, 15) is 0 Å². The molecule has 0 bridgehead atoms. The molecule has 68 valence electrons. The molecule has 1 nitrogen and oxygen atoms in total. The van der Waals surface area contributed by atoms with E-state index >= 15 is 0 Å². The van der Waals surface area contributed by atoms with Crippen LogP contribution in [-0.4, -0.2) is 19.0 Å². The Labute approximate surface area is 93.7 Å². The fourth-order valence-corrected chi connectivity index (χ4v) is 1.61. The van der Waals surface area contributed by atoms with Crippen LogP contribution in [0.4, 0.5) is 0 Å². The molecular weight excluding hydrogens is 284 g/mol. The number of nitrogens with zero attached hydrogens (tertiary/aromatic N) is 1. The Morgan fingerprint density at radius 3 is 2.50 bits per heavy atom. The Kier molecular flexibility index (Phi) is 5.88. The zero-order valence-corrected chi connectivity index (χ0v) is 10.2. The standard InChI is InChI=1S/C9H12IN.ClH/c1-11(2)7-8-4-3-5-9(10)6-8;/h3-6H,7H2,1-2H3;1H. The van der Waals surface area contributed by atoms with Gasteiger partial charge in [0.25, 0.3) is 0 Å². The summed E-state index contributed by atoms with van der Waals surface area (Å²) in [5, 5.41) is 0. The third kappa shape index (κ3) is 4.28. The van der Waals surface area contributed by atoms with Gasteiger partial charge in [0.05, 0.1) is 0 Å². The number of hydrogen-bond acceptors (Lipinski definition) is 1. The second kappa shape index (κ2) is 5.78. The molecule has 0 aliphatic carbocycles. The van der Waals surface area contributed by atoms with Gasteiger partial charge in [-0.05, 0) is 54.4 Å². The summed E-state index contributed by atoms with van der Waals surface area (Å²) >= 11 is 2.33. The van der Waals surface area contributed by atoms with Crippen LogP contribution in [0.3, 0.4) is 0 Å². The lowest BCUT2D eigenvalue weighted by Gasteiger charge is -2.08. The number of benzene rings is 1. The zero-order chi connectivity index (χ0) is 8.27. The fraction of sp³-hybridized carbons (Fsp3) is 0.333. The molecule has 0 aliphatic rings. The van der Waals surface area contributed by atoms with Gasteiger partial charge in [-0.3, -0.25) is 0 Å². The number of hydrogen-bond donors (Lipinski definition) is 0.